The summed E-state index contributed by atoms with van der Waals surface area (Å²) in [6.45, 7) is 4.40. The zero-order valence-corrected chi connectivity index (χ0v) is 13.5. The molecule has 1 aliphatic heterocycles. The zero-order valence-electron chi connectivity index (χ0n) is 13.5. The fourth-order valence-corrected chi connectivity index (χ4v) is 2.69. The smallest absolute Gasteiger partial charge is 0.290 e. The number of rotatable bonds is 7. The second kappa shape index (κ2) is 7.28. The molecule has 1 N–H and O–H groups in total. The molecule has 124 valence electrons. The van der Waals surface area contributed by atoms with Crippen molar-refractivity contribution < 1.29 is 24.2 Å². The Kier molecular flexibility index (Phi) is 5.39. The van der Waals surface area contributed by atoms with Crippen molar-refractivity contribution in [3.63, 3.8) is 0 Å². The quantitative estimate of drug-likeness (QED) is 0.832. The van der Waals surface area contributed by atoms with Crippen LogP contribution in [0.3, 0.4) is 0 Å². The lowest BCUT2D eigenvalue weighted by atomic mass is 9.96. The van der Waals surface area contributed by atoms with Gasteiger partial charge < -0.3 is 19.5 Å². The predicted molar refractivity (Wildman–Crippen MR) is 84.3 cm³/mol. The largest absolute Gasteiger partial charge is 0.503 e. The van der Waals surface area contributed by atoms with Gasteiger partial charge in [-0.05, 0) is 31.5 Å². The van der Waals surface area contributed by atoms with E-state index in [-0.39, 0.29) is 17.9 Å². The van der Waals surface area contributed by atoms with Crippen molar-refractivity contribution in [3.8, 4) is 5.75 Å². The summed E-state index contributed by atoms with van der Waals surface area (Å²) in [6.07, 6.45) is 0. The minimum Gasteiger partial charge on any atom is -0.503 e. The van der Waals surface area contributed by atoms with Crippen molar-refractivity contribution >= 4 is 11.7 Å². The Bertz CT molecular complexity index is 620. The minimum absolute atomic E-state index is 0.121. The molecule has 0 radical (unpaired) electrons. The van der Waals surface area contributed by atoms with Crippen LogP contribution in [0, 0.1) is 0 Å². The molecule has 1 heterocycles. The first-order chi connectivity index (χ1) is 11.0. The minimum atomic E-state index is -0.606. The van der Waals surface area contributed by atoms with Gasteiger partial charge in [0.15, 0.2) is 11.5 Å². The molecular weight excluding hydrogens is 298 g/mol. The number of carbonyl (C=O) groups excluding carboxylic acids is 2. The summed E-state index contributed by atoms with van der Waals surface area (Å²) < 4.78 is 10.4. The van der Waals surface area contributed by atoms with Gasteiger partial charge in [-0.2, -0.15) is 0 Å². The van der Waals surface area contributed by atoms with E-state index in [9.17, 15) is 14.7 Å². The molecule has 1 atom stereocenters. The number of hydrogen-bond acceptors (Lipinski definition) is 5. The van der Waals surface area contributed by atoms with E-state index in [2.05, 4.69) is 0 Å². The number of aliphatic hydroxyl groups is 1. The van der Waals surface area contributed by atoms with E-state index in [1.807, 2.05) is 6.92 Å². The highest BCUT2D eigenvalue weighted by atomic mass is 16.5. The van der Waals surface area contributed by atoms with Gasteiger partial charge in [-0.25, -0.2) is 0 Å². The molecule has 0 aliphatic carbocycles. The first-order valence-corrected chi connectivity index (χ1v) is 7.48. The standard InChI is InChI=1S/C17H21NO5/c1-4-23-13-7-5-12(6-8-13)15-14(11(2)19)16(20)17(21)18(15)9-10-22-3/h5-8,15,20H,4,9-10H2,1-3H3/t15-/m1/s1. The van der Waals surface area contributed by atoms with Gasteiger partial charge in [0, 0.05) is 13.7 Å². The van der Waals surface area contributed by atoms with Crippen LogP contribution in [0.15, 0.2) is 35.6 Å². The molecule has 0 bridgehead atoms. The number of carbonyl (C=O) groups is 2. The molecule has 0 spiro atoms. The maximum Gasteiger partial charge on any atom is 0.290 e. The van der Waals surface area contributed by atoms with Crippen LogP contribution in [0.1, 0.15) is 25.5 Å². The van der Waals surface area contributed by atoms with Crippen LogP contribution in [0.25, 0.3) is 0 Å². The van der Waals surface area contributed by atoms with Crippen LogP contribution >= 0.6 is 0 Å². The topological polar surface area (TPSA) is 76.1 Å². The predicted octanol–water partition coefficient (Wildman–Crippen LogP) is 2.02. The van der Waals surface area contributed by atoms with E-state index < -0.39 is 17.7 Å². The molecule has 6 heteroatoms. The molecule has 1 aliphatic rings. The summed E-state index contributed by atoms with van der Waals surface area (Å²) in [5, 5.41) is 10.1. The van der Waals surface area contributed by atoms with Gasteiger partial charge in [0.25, 0.3) is 5.91 Å². The monoisotopic (exact) mass is 319 g/mol. The molecule has 0 saturated heterocycles. The van der Waals surface area contributed by atoms with Crippen LogP contribution in [-0.4, -0.2) is 48.6 Å². The number of benzene rings is 1. The van der Waals surface area contributed by atoms with Gasteiger partial charge in [-0.1, -0.05) is 12.1 Å². The summed E-state index contributed by atoms with van der Waals surface area (Å²) in [6, 6.07) is 6.55. The number of Topliss-reactive ketones (excluding diaryl/α,β-unsaturated/α-hetero) is 1. The highest BCUT2D eigenvalue weighted by Gasteiger charge is 2.41. The van der Waals surface area contributed by atoms with Crippen molar-refractivity contribution in [2.75, 3.05) is 26.9 Å². The average Bonchev–Trinajstić information content (AvgIpc) is 2.78. The molecule has 0 aromatic heterocycles. The number of methoxy groups -OCH3 is 1. The number of nitrogens with zero attached hydrogens (tertiary/aromatic N) is 1. The fraction of sp³-hybridized carbons (Fsp3) is 0.412. The molecule has 0 fully saturated rings. The normalized spacial score (nSPS) is 17.8. The third kappa shape index (κ3) is 3.37. The molecular formula is C17H21NO5. The Hall–Kier alpha value is -2.34. The lowest BCUT2D eigenvalue weighted by Crippen LogP contribution is -2.33. The summed E-state index contributed by atoms with van der Waals surface area (Å²) >= 11 is 0. The SMILES string of the molecule is CCOc1ccc([C@@H]2C(C(C)=O)=C(O)C(=O)N2CCOC)cc1. The van der Waals surface area contributed by atoms with Crippen molar-refractivity contribution in [2.24, 2.45) is 0 Å². The number of hydrogen-bond donors (Lipinski definition) is 1. The second-order valence-corrected chi connectivity index (χ2v) is 5.21. The average molecular weight is 319 g/mol. The highest BCUT2D eigenvalue weighted by molar-refractivity contribution is 6.08. The summed E-state index contributed by atoms with van der Waals surface area (Å²) in [5.74, 6) is -0.644. The van der Waals surface area contributed by atoms with Gasteiger partial charge in [0.1, 0.15) is 5.75 Å². The lowest BCUT2D eigenvalue weighted by molar-refractivity contribution is -0.130. The summed E-state index contributed by atoms with van der Waals surface area (Å²) in [5.41, 5.74) is 0.863. The Morgan fingerprint density at radius 1 is 1.30 bits per heavy atom. The Labute approximate surface area is 135 Å². The number of ether oxygens (including phenoxy) is 2. The number of amides is 1. The van der Waals surface area contributed by atoms with Crippen LogP contribution < -0.4 is 4.74 Å². The van der Waals surface area contributed by atoms with Crippen molar-refractivity contribution in [1.82, 2.24) is 4.90 Å². The zero-order chi connectivity index (χ0) is 17.0. The number of aliphatic hydroxyl groups excluding tert-OH is 1. The van der Waals surface area contributed by atoms with Crippen LogP contribution in [0.4, 0.5) is 0 Å². The van der Waals surface area contributed by atoms with E-state index in [0.29, 0.717) is 19.0 Å². The Morgan fingerprint density at radius 2 is 1.96 bits per heavy atom. The third-order valence-electron chi connectivity index (χ3n) is 3.73. The van der Waals surface area contributed by atoms with Crippen molar-refractivity contribution in [2.45, 2.75) is 19.9 Å². The first kappa shape index (κ1) is 17.0. The van der Waals surface area contributed by atoms with Gasteiger partial charge in [-0.3, -0.25) is 9.59 Å². The van der Waals surface area contributed by atoms with E-state index in [1.165, 1.54) is 18.9 Å². The van der Waals surface area contributed by atoms with Crippen molar-refractivity contribution in [1.29, 1.82) is 0 Å². The molecule has 0 saturated carbocycles. The van der Waals surface area contributed by atoms with Crippen LogP contribution in [0.2, 0.25) is 0 Å². The number of ketones is 1. The van der Waals surface area contributed by atoms with E-state index in [0.717, 1.165) is 5.56 Å². The summed E-state index contributed by atoms with van der Waals surface area (Å²) in [4.78, 5) is 25.6. The molecule has 6 nitrogen and oxygen atoms in total. The maximum absolute atomic E-state index is 12.3. The van der Waals surface area contributed by atoms with Gasteiger partial charge in [0.2, 0.25) is 0 Å². The molecule has 1 aromatic carbocycles. The third-order valence-corrected chi connectivity index (χ3v) is 3.73. The van der Waals surface area contributed by atoms with Gasteiger partial charge in [-0.15, -0.1) is 0 Å². The molecule has 2 rings (SSSR count). The van der Waals surface area contributed by atoms with E-state index in [1.54, 1.807) is 24.3 Å². The Balaban J connectivity index is 2.39. The highest BCUT2D eigenvalue weighted by Crippen LogP contribution is 2.37. The Morgan fingerprint density at radius 3 is 2.48 bits per heavy atom. The molecule has 1 amide bonds. The van der Waals surface area contributed by atoms with Crippen LogP contribution in [-0.2, 0) is 14.3 Å². The summed E-state index contributed by atoms with van der Waals surface area (Å²) in [7, 11) is 1.53. The first-order valence-electron chi connectivity index (χ1n) is 7.48. The molecule has 23 heavy (non-hydrogen) atoms. The van der Waals surface area contributed by atoms with Crippen molar-refractivity contribution in [3.05, 3.63) is 41.2 Å². The second-order valence-electron chi connectivity index (χ2n) is 5.21. The van der Waals surface area contributed by atoms with E-state index in [4.69, 9.17) is 9.47 Å². The van der Waals surface area contributed by atoms with Gasteiger partial charge in [0.05, 0.1) is 24.8 Å². The maximum atomic E-state index is 12.3. The van der Waals surface area contributed by atoms with Gasteiger partial charge >= 0.3 is 0 Å². The fourth-order valence-electron chi connectivity index (χ4n) is 2.69. The van der Waals surface area contributed by atoms with Crippen LogP contribution in [0.5, 0.6) is 5.75 Å². The van der Waals surface area contributed by atoms with E-state index >= 15 is 0 Å². The lowest BCUT2D eigenvalue weighted by Gasteiger charge is -2.26. The molecule has 1 aromatic rings. The molecule has 0 unspecified atom stereocenters.